The molecule has 0 aliphatic carbocycles. The third-order valence-electron chi connectivity index (χ3n) is 3.99. The molecule has 4 heterocycles. The molecule has 9 nitrogen and oxygen atoms in total. The predicted molar refractivity (Wildman–Crippen MR) is 103 cm³/mol. The van der Waals surface area contributed by atoms with Crippen molar-refractivity contribution in [3.63, 3.8) is 0 Å². The van der Waals surface area contributed by atoms with Gasteiger partial charge in [0.25, 0.3) is 0 Å². The Morgan fingerprint density at radius 1 is 1.00 bits per heavy atom. The van der Waals surface area contributed by atoms with Gasteiger partial charge >= 0.3 is 11.9 Å². The van der Waals surface area contributed by atoms with Gasteiger partial charge in [-0.25, -0.2) is 19.6 Å². The number of aromatic carboxylic acids is 2. The molecule has 144 valence electrons. The minimum absolute atomic E-state index is 0.170. The van der Waals surface area contributed by atoms with Crippen molar-refractivity contribution < 1.29 is 19.8 Å². The highest BCUT2D eigenvalue weighted by molar-refractivity contribution is 5.96. The van der Waals surface area contributed by atoms with Gasteiger partial charge in [0, 0.05) is 35.3 Å². The van der Waals surface area contributed by atoms with Crippen molar-refractivity contribution in [2.45, 2.75) is 6.54 Å². The van der Waals surface area contributed by atoms with Crippen LogP contribution in [0.1, 0.15) is 26.5 Å². The van der Waals surface area contributed by atoms with Gasteiger partial charge in [0.2, 0.25) is 0 Å². The number of fused-ring (bicyclic) bond motifs is 2. The minimum atomic E-state index is -0.965. The Labute approximate surface area is 159 Å². The van der Waals surface area contributed by atoms with E-state index in [-0.39, 0.29) is 11.4 Å². The van der Waals surface area contributed by atoms with Crippen LogP contribution in [0.4, 0.5) is 0 Å². The number of aromatic amines is 2. The second-order valence-corrected chi connectivity index (χ2v) is 6.35. The van der Waals surface area contributed by atoms with Crippen LogP contribution >= 0.6 is 0 Å². The molecule has 28 heavy (non-hydrogen) atoms. The Balaban J connectivity index is 0.000000167. The van der Waals surface area contributed by atoms with Crippen LogP contribution in [-0.2, 0) is 6.54 Å². The van der Waals surface area contributed by atoms with E-state index in [2.05, 4.69) is 19.9 Å². The second-order valence-electron chi connectivity index (χ2n) is 6.35. The first kappa shape index (κ1) is 19.1. The maximum atomic E-state index is 11.1. The largest absolute Gasteiger partial charge is 0.477 e. The Bertz CT molecular complexity index is 1110. The maximum absolute atomic E-state index is 11.1. The molecule has 0 spiro atoms. The zero-order chi connectivity index (χ0) is 20.3. The van der Waals surface area contributed by atoms with E-state index in [4.69, 9.17) is 10.2 Å². The predicted octanol–water partition coefficient (Wildman–Crippen LogP) is 2.58. The van der Waals surface area contributed by atoms with Gasteiger partial charge in [-0.05, 0) is 44.4 Å². The molecule has 4 aromatic heterocycles. The quantitative estimate of drug-likeness (QED) is 0.427. The molecular formula is C19H19N5O4. The molecule has 0 aromatic carbocycles. The van der Waals surface area contributed by atoms with E-state index in [1.807, 2.05) is 31.1 Å². The molecular weight excluding hydrogens is 362 g/mol. The van der Waals surface area contributed by atoms with E-state index in [0.717, 1.165) is 16.3 Å². The van der Waals surface area contributed by atoms with Crippen LogP contribution in [0.5, 0.6) is 0 Å². The molecule has 0 amide bonds. The first-order valence-electron chi connectivity index (χ1n) is 8.37. The fourth-order valence-corrected chi connectivity index (χ4v) is 2.81. The van der Waals surface area contributed by atoms with Crippen molar-refractivity contribution in [2.75, 3.05) is 14.1 Å². The van der Waals surface area contributed by atoms with Crippen LogP contribution in [0.15, 0.2) is 42.7 Å². The molecule has 0 atom stereocenters. The van der Waals surface area contributed by atoms with Gasteiger partial charge < -0.3 is 25.1 Å². The van der Waals surface area contributed by atoms with Gasteiger partial charge in [-0.1, -0.05) is 0 Å². The zero-order valence-corrected chi connectivity index (χ0v) is 15.3. The molecule has 0 fully saturated rings. The fraction of sp³-hybridized carbons (Fsp3) is 0.158. The first-order valence-corrected chi connectivity index (χ1v) is 8.37. The van der Waals surface area contributed by atoms with Crippen molar-refractivity contribution in [1.29, 1.82) is 0 Å². The first-order chi connectivity index (χ1) is 13.4. The van der Waals surface area contributed by atoms with Gasteiger partial charge in [-0.3, -0.25) is 0 Å². The highest BCUT2D eigenvalue weighted by Gasteiger charge is 2.17. The normalized spacial score (nSPS) is 10.8. The number of nitrogens with one attached hydrogen (secondary N) is 2. The molecule has 4 N–H and O–H groups in total. The average molecular weight is 381 g/mol. The lowest BCUT2D eigenvalue weighted by Crippen LogP contribution is -2.13. The van der Waals surface area contributed by atoms with E-state index in [0.29, 0.717) is 17.8 Å². The van der Waals surface area contributed by atoms with Gasteiger partial charge in [0.05, 0.1) is 0 Å². The number of aromatic nitrogens is 4. The Kier molecular flexibility index (Phi) is 5.37. The number of hydrogen-bond acceptors (Lipinski definition) is 5. The Hall–Kier alpha value is -3.72. The molecule has 0 bridgehead atoms. The molecule has 0 saturated carbocycles. The number of H-pyrrole nitrogens is 2. The van der Waals surface area contributed by atoms with Crippen molar-refractivity contribution >= 4 is 34.0 Å². The highest BCUT2D eigenvalue weighted by Crippen LogP contribution is 2.21. The van der Waals surface area contributed by atoms with E-state index < -0.39 is 11.9 Å². The maximum Gasteiger partial charge on any atom is 0.352 e. The summed E-state index contributed by atoms with van der Waals surface area (Å²) in [6.07, 6.45) is 3.26. The number of rotatable bonds is 4. The van der Waals surface area contributed by atoms with Crippen LogP contribution in [0.3, 0.4) is 0 Å². The van der Waals surface area contributed by atoms with E-state index >= 15 is 0 Å². The zero-order valence-electron chi connectivity index (χ0n) is 15.3. The van der Waals surface area contributed by atoms with Gasteiger partial charge in [0.15, 0.2) is 0 Å². The molecule has 0 aliphatic rings. The number of carboxylic acid groups (broad SMARTS) is 2. The van der Waals surface area contributed by atoms with Crippen LogP contribution in [0.2, 0.25) is 0 Å². The molecule has 0 unspecified atom stereocenters. The molecule has 0 aliphatic heterocycles. The summed E-state index contributed by atoms with van der Waals surface area (Å²) in [4.78, 5) is 37.1. The Morgan fingerprint density at radius 3 is 2.29 bits per heavy atom. The highest BCUT2D eigenvalue weighted by atomic mass is 16.4. The summed E-state index contributed by atoms with van der Waals surface area (Å²) in [5.41, 5.74) is 2.40. The van der Waals surface area contributed by atoms with E-state index in [9.17, 15) is 9.59 Å². The van der Waals surface area contributed by atoms with Crippen LogP contribution in [-0.4, -0.2) is 61.1 Å². The molecule has 9 heteroatoms. The third-order valence-corrected chi connectivity index (χ3v) is 3.99. The smallest absolute Gasteiger partial charge is 0.352 e. The van der Waals surface area contributed by atoms with Gasteiger partial charge in [-0.15, -0.1) is 0 Å². The minimum Gasteiger partial charge on any atom is -0.477 e. The summed E-state index contributed by atoms with van der Waals surface area (Å²) in [5, 5.41) is 19.4. The lowest BCUT2D eigenvalue weighted by molar-refractivity contribution is 0.0680. The number of carboxylic acids is 2. The van der Waals surface area contributed by atoms with Crippen LogP contribution in [0.25, 0.3) is 22.1 Å². The summed E-state index contributed by atoms with van der Waals surface area (Å²) in [5.74, 6) is -1.91. The topological polar surface area (TPSA) is 135 Å². The molecule has 4 aromatic rings. The monoisotopic (exact) mass is 381 g/mol. The molecule has 0 saturated heterocycles. The van der Waals surface area contributed by atoms with Crippen molar-refractivity contribution in [2.24, 2.45) is 0 Å². The lowest BCUT2D eigenvalue weighted by Gasteiger charge is -2.09. The van der Waals surface area contributed by atoms with E-state index in [1.165, 1.54) is 0 Å². The van der Waals surface area contributed by atoms with Gasteiger partial charge in [0.1, 0.15) is 22.7 Å². The van der Waals surface area contributed by atoms with Crippen LogP contribution < -0.4 is 0 Å². The summed E-state index contributed by atoms with van der Waals surface area (Å²) >= 11 is 0. The number of nitrogens with zero attached hydrogens (tertiary/aromatic N) is 3. The third kappa shape index (κ3) is 3.99. The standard InChI is InChI=1S/C11H13N3O2.C8H6N2O2/c1-14(2)6-8-7-4-3-5-12-10(7)13-9(8)11(15)16;11-8(12)6-4-5-2-1-3-9-7(5)10-6/h3-5H,6H2,1-2H3,(H,12,13)(H,15,16);1-4H,(H,9,10)(H,11,12). The number of hydrogen-bond donors (Lipinski definition) is 4. The molecule has 0 radical (unpaired) electrons. The summed E-state index contributed by atoms with van der Waals surface area (Å²) in [6.45, 7) is 0.577. The number of carbonyl (C=O) groups is 2. The second kappa shape index (κ2) is 7.89. The van der Waals surface area contributed by atoms with Crippen LogP contribution in [0, 0.1) is 0 Å². The summed E-state index contributed by atoms with van der Waals surface area (Å²) in [7, 11) is 3.81. The van der Waals surface area contributed by atoms with Crippen molar-refractivity contribution in [3.05, 3.63) is 59.7 Å². The molecule has 4 rings (SSSR count). The lowest BCUT2D eigenvalue weighted by atomic mass is 10.1. The number of pyridine rings is 2. The summed E-state index contributed by atoms with van der Waals surface area (Å²) < 4.78 is 0. The SMILES string of the molecule is CN(C)Cc1c(C(=O)O)[nH]c2ncccc12.O=C(O)c1cc2cccnc2[nH]1. The average Bonchev–Trinajstić information content (AvgIpc) is 3.24. The van der Waals surface area contributed by atoms with E-state index in [1.54, 1.807) is 30.6 Å². The van der Waals surface area contributed by atoms with Crippen molar-refractivity contribution in [3.8, 4) is 0 Å². The van der Waals surface area contributed by atoms with Gasteiger partial charge in [-0.2, -0.15) is 0 Å². The fourth-order valence-electron chi connectivity index (χ4n) is 2.81. The van der Waals surface area contributed by atoms with Crippen molar-refractivity contribution in [1.82, 2.24) is 24.8 Å². The summed E-state index contributed by atoms with van der Waals surface area (Å²) in [6, 6.07) is 8.82. The Morgan fingerprint density at radius 2 is 1.68 bits per heavy atom.